The molecule has 0 saturated carbocycles. The Balaban J connectivity index is 2.01. The van der Waals surface area contributed by atoms with Crippen LogP contribution in [0.1, 0.15) is 29.9 Å². The number of nitrogens with one attached hydrogen (secondary N) is 2. The lowest BCUT2D eigenvalue weighted by atomic mass is 10.2. The topological polar surface area (TPSA) is 170 Å². The molecule has 0 aliphatic carbocycles. The number of aromatic hydroxyl groups is 1. The van der Waals surface area contributed by atoms with E-state index in [2.05, 4.69) is 25.5 Å². The van der Waals surface area contributed by atoms with Crippen molar-refractivity contribution in [2.45, 2.75) is 30.9 Å². The van der Waals surface area contributed by atoms with Gasteiger partial charge in [0.15, 0.2) is 9.84 Å². The number of nitrogens with zero attached hydrogens (tertiary/aromatic N) is 3. The smallest absolute Gasteiger partial charge is 0.341 e. The SMILES string of the molecule is COC(=O)c1cnn(-c2cc(NC(C)=O)c(O)cc2NC(=O)C(C)S(=O)(=O)c2ccc(C)nc2)c1. The zero-order chi connectivity index (χ0) is 25.9. The van der Waals surface area contributed by atoms with Crippen LogP contribution in [0, 0.1) is 6.92 Å². The summed E-state index contributed by atoms with van der Waals surface area (Å²) < 4.78 is 31.7. The Morgan fingerprint density at radius 1 is 1.11 bits per heavy atom. The number of rotatable bonds is 7. The zero-order valence-corrected chi connectivity index (χ0v) is 20.1. The molecule has 0 spiro atoms. The third-order valence-corrected chi connectivity index (χ3v) is 7.02. The Morgan fingerprint density at radius 2 is 1.83 bits per heavy atom. The number of sulfone groups is 1. The maximum Gasteiger partial charge on any atom is 0.341 e. The van der Waals surface area contributed by atoms with Crippen molar-refractivity contribution >= 4 is 39.0 Å². The molecule has 1 aromatic carbocycles. The maximum atomic E-state index is 13.0. The summed E-state index contributed by atoms with van der Waals surface area (Å²) in [4.78, 5) is 40.1. The number of aromatic nitrogens is 3. The van der Waals surface area contributed by atoms with Crippen molar-refractivity contribution in [1.82, 2.24) is 14.8 Å². The molecule has 35 heavy (non-hydrogen) atoms. The molecular weight excluding hydrogens is 478 g/mol. The molecule has 0 fully saturated rings. The van der Waals surface area contributed by atoms with Crippen LogP contribution in [0.5, 0.6) is 5.75 Å². The molecular formula is C22H23N5O7S. The first-order chi connectivity index (χ1) is 16.4. The largest absolute Gasteiger partial charge is 0.506 e. The van der Waals surface area contributed by atoms with Gasteiger partial charge in [-0.1, -0.05) is 0 Å². The maximum absolute atomic E-state index is 13.0. The number of methoxy groups -OCH3 is 1. The first-order valence-electron chi connectivity index (χ1n) is 10.2. The van der Waals surface area contributed by atoms with Crippen LogP contribution in [0.2, 0.25) is 0 Å². The van der Waals surface area contributed by atoms with Crippen LogP contribution in [-0.2, 0) is 24.2 Å². The van der Waals surface area contributed by atoms with Crippen LogP contribution < -0.4 is 10.6 Å². The molecule has 3 aromatic rings. The van der Waals surface area contributed by atoms with Gasteiger partial charge in [0.1, 0.15) is 11.0 Å². The third-order valence-electron chi connectivity index (χ3n) is 4.98. The predicted molar refractivity (Wildman–Crippen MR) is 125 cm³/mol. The molecule has 2 heterocycles. The van der Waals surface area contributed by atoms with Crippen molar-refractivity contribution in [3.05, 3.63) is 54.1 Å². The van der Waals surface area contributed by atoms with E-state index in [4.69, 9.17) is 0 Å². The highest BCUT2D eigenvalue weighted by atomic mass is 32.2. The van der Waals surface area contributed by atoms with E-state index >= 15 is 0 Å². The molecule has 0 bridgehead atoms. The summed E-state index contributed by atoms with van der Waals surface area (Å²) in [5.41, 5.74) is 0.835. The Kier molecular flexibility index (Phi) is 7.20. The number of hydrogen-bond donors (Lipinski definition) is 3. The number of hydrogen-bond acceptors (Lipinski definition) is 9. The van der Waals surface area contributed by atoms with Gasteiger partial charge in [-0.05, 0) is 32.0 Å². The van der Waals surface area contributed by atoms with E-state index in [0.29, 0.717) is 5.69 Å². The quantitative estimate of drug-likeness (QED) is 0.323. The number of pyridine rings is 1. The van der Waals surface area contributed by atoms with E-state index in [1.165, 1.54) is 62.4 Å². The number of ether oxygens (including phenoxy) is 1. The minimum absolute atomic E-state index is 0.00650. The average molecular weight is 502 g/mol. The van der Waals surface area contributed by atoms with Gasteiger partial charge in [0.25, 0.3) is 0 Å². The molecule has 184 valence electrons. The van der Waals surface area contributed by atoms with Gasteiger partial charge >= 0.3 is 5.97 Å². The molecule has 1 unspecified atom stereocenters. The first kappa shape index (κ1) is 25.4. The number of carbonyl (C=O) groups excluding carboxylic acids is 3. The van der Waals surface area contributed by atoms with E-state index in [1.54, 1.807) is 6.92 Å². The third kappa shape index (κ3) is 5.46. The van der Waals surface area contributed by atoms with E-state index < -0.39 is 38.6 Å². The standard InChI is InChI=1S/C22H23N5O7S/c1-12-5-6-16(10-23-12)35(32,33)13(2)21(30)26-17-8-20(29)18(25-14(3)28)7-19(17)27-11-15(9-24-27)22(31)34-4/h5-11,13,29H,1-4H3,(H,25,28)(H,26,30). The molecule has 3 rings (SSSR count). The van der Waals surface area contributed by atoms with E-state index in [1.807, 2.05) is 0 Å². The number of carbonyl (C=O) groups is 3. The number of benzene rings is 1. The molecule has 13 heteroatoms. The van der Waals surface area contributed by atoms with Crippen LogP contribution in [-0.4, -0.2) is 58.4 Å². The summed E-state index contributed by atoms with van der Waals surface area (Å²) in [6, 6.07) is 5.32. The monoisotopic (exact) mass is 501 g/mol. The van der Waals surface area contributed by atoms with Crippen molar-refractivity contribution in [2.75, 3.05) is 17.7 Å². The summed E-state index contributed by atoms with van der Waals surface area (Å²) in [6.07, 6.45) is 3.70. The van der Waals surface area contributed by atoms with Gasteiger partial charge in [-0.2, -0.15) is 5.10 Å². The molecule has 0 aliphatic rings. The summed E-state index contributed by atoms with van der Waals surface area (Å²) in [5, 5.41) is 17.8. The number of esters is 1. The molecule has 2 amide bonds. The fourth-order valence-corrected chi connectivity index (χ4v) is 4.24. The van der Waals surface area contributed by atoms with Crippen LogP contribution in [0.4, 0.5) is 11.4 Å². The van der Waals surface area contributed by atoms with Crippen LogP contribution >= 0.6 is 0 Å². The summed E-state index contributed by atoms with van der Waals surface area (Å²) >= 11 is 0. The highest BCUT2D eigenvalue weighted by molar-refractivity contribution is 7.92. The second-order valence-corrected chi connectivity index (χ2v) is 9.81. The van der Waals surface area contributed by atoms with Gasteiger partial charge in [-0.25, -0.2) is 17.9 Å². The number of aryl methyl sites for hydroxylation is 1. The van der Waals surface area contributed by atoms with Crippen molar-refractivity contribution in [3.8, 4) is 11.4 Å². The Morgan fingerprint density at radius 3 is 2.43 bits per heavy atom. The lowest BCUT2D eigenvalue weighted by Crippen LogP contribution is -2.33. The molecule has 0 saturated heterocycles. The van der Waals surface area contributed by atoms with Gasteiger partial charge in [0, 0.05) is 31.1 Å². The number of phenols is 1. The minimum atomic E-state index is -4.07. The van der Waals surface area contributed by atoms with Crippen LogP contribution in [0.15, 0.2) is 47.8 Å². The minimum Gasteiger partial charge on any atom is -0.506 e. The lowest BCUT2D eigenvalue weighted by Gasteiger charge is -2.17. The molecule has 0 aliphatic heterocycles. The second kappa shape index (κ2) is 9.93. The normalized spacial score (nSPS) is 12.0. The van der Waals surface area contributed by atoms with Gasteiger partial charge in [0.2, 0.25) is 11.8 Å². The Hall–Kier alpha value is -4.26. The number of phenolic OH excluding ortho intramolecular Hbond substituents is 1. The van der Waals surface area contributed by atoms with Gasteiger partial charge in [-0.15, -0.1) is 0 Å². The fraction of sp³-hybridized carbons (Fsp3) is 0.227. The van der Waals surface area contributed by atoms with Crippen molar-refractivity contribution in [2.24, 2.45) is 0 Å². The summed E-state index contributed by atoms with van der Waals surface area (Å²) in [7, 11) is -2.87. The molecule has 3 N–H and O–H groups in total. The predicted octanol–water partition coefficient (Wildman–Crippen LogP) is 1.83. The highest BCUT2D eigenvalue weighted by Crippen LogP contribution is 2.33. The Bertz CT molecular complexity index is 1400. The summed E-state index contributed by atoms with van der Waals surface area (Å²) in [5.74, 6) is -2.41. The number of amides is 2. The zero-order valence-electron chi connectivity index (χ0n) is 19.3. The summed E-state index contributed by atoms with van der Waals surface area (Å²) in [6.45, 7) is 4.16. The van der Waals surface area contributed by atoms with Gasteiger partial charge < -0.3 is 20.5 Å². The lowest BCUT2D eigenvalue weighted by molar-refractivity contribution is -0.116. The fourth-order valence-electron chi connectivity index (χ4n) is 3.04. The highest BCUT2D eigenvalue weighted by Gasteiger charge is 2.31. The van der Waals surface area contributed by atoms with Gasteiger partial charge in [-0.3, -0.25) is 14.6 Å². The molecule has 0 radical (unpaired) electrons. The molecule has 2 aromatic heterocycles. The van der Waals surface area contributed by atoms with Crippen LogP contribution in [0.3, 0.4) is 0 Å². The van der Waals surface area contributed by atoms with E-state index in [9.17, 15) is 27.9 Å². The Labute approximate surface area is 200 Å². The van der Waals surface area contributed by atoms with Crippen LogP contribution in [0.25, 0.3) is 5.69 Å². The molecule has 1 atom stereocenters. The van der Waals surface area contributed by atoms with E-state index in [0.717, 1.165) is 6.07 Å². The average Bonchev–Trinajstić information content (AvgIpc) is 3.29. The first-order valence-corrected chi connectivity index (χ1v) is 11.7. The second-order valence-electron chi connectivity index (χ2n) is 7.54. The van der Waals surface area contributed by atoms with Crippen molar-refractivity contribution in [3.63, 3.8) is 0 Å². The molecule has 12 nitrogen and oxygen atoms in total. The van der Waals surface area contributed by atoms with Gasteiger partial charge in [0.05, 0.1) is 40.8 Å². The number of anilines is 2. The van der Waals surface area contributed by atoms with Crippen molar-refractivity contribution < 1.29 is 32.6 Å². The van der Waals surface area contributed by atoms with E-state index in [-0.39, 0.29) is 27.5 Å². The van der Waals surface area contributed by atoms with Crippen molar-refractivity contribution in [1.29, 1.82) is 0 Å².